The zero-order valence-electron chi connectivity index (χ0n) is 18.1. The van der Waals surface area contributed by atoms with Gasteiger partial charge in [-0.05, 0) is 43.4 Å². The van der Waals surface area contributed by atoms with Crippen LogP contribution >= 0.6 is 11.3 Å². The van der Waals surface area contributed by atoms with Crippen molar-refractivity contribution in [2.24, 2.45) is 0 Å². The largest absolute Gasteiger partial charge is 0.486 e. The molecule has 1 saturated heterocycles. The Hall–Kier alpha value is -3.37. The van der Waals surface area contributed by atoms with Gasteiger partial charge in [0.2, 0.25) is 5.78 Å². The Bertz CT molecular complexity index is 1190. The van der Waals surface area contributed by atoms with E-state index in [1.165, 1.54) is 6.07 Å². The van der Waals surface area contributed by atoms with E-state index in [0.717, 1.165) is 37.5 Å². The van der Waals surface area contributed by atoms with Crippen LogP contribution in [0.3, 0.4) is 0 Å². The van der Waals surface area contributed by atoms with Gasteiger partial charge in [0.25, 0.3) is 0 Å². The van der Waals surface area contributed by atoms with Gasteiger partial charge in [0.1, 0.15) is 29.7 Å². The number of ether oxygens (including phenoxy) is 2. The third kappa shape index (κ3) is 4.44. The van der Waals surface area contributed by atoms with Crippen LogP contribution < -0.4 is 25.4 Å². The van der Waals surface area contributed by atoms with E-state index in [-0.39, 0.29) is 17.4 Å². The van der Waals surface area contributed by atoms with E-state index in [1.807, 2.05) is 4.90 Å². The number of anilines is 4. The zero-order valence-corrected chi connectivity index (χ0v) is 19.0. The summed E-state index contributed by atoms with van der Waals surface area (Å²) >= 11 is 1.13. The lowest BCUT2D eigenvalue weighted by Gasteiger charge is -2.34. The molecular formula is C23H24FN5O3S. The van der Waals surface area contributed by atoms with Crippen LogP contribution in [-0.4, -0.2) is 62.1 Å². The van der Waals surface area contributed by atoms with Gasteiger partial charge in [-0.2, -0.15) is 0 Å². The first-order valence-electron chi connectivity index (χ1n) is 10.7. The third-order valence-electron chi connectivity index (χ3n) is 5.71. The van der Waals surface area contributed by atoms with Crippen molar-refractivity contribution < 1.29 is 18.7 Å². The molecule has 172 valence electrons. The molecule has 33 heavy (non-hydrogen) atoms. The Balaban J connectivity index is 1.32. The second-order valence-electron chi connectivity index (χ2n) is 8.00. The number of carbonyl (C=O) groups excluding carboxylic acids is 1. The van der Waals surface area contributed by atoms with Gasteiger partial charge in [-0.25, -0.2) is 9.37 Å². The first-order chi connectivity index (χ1) is 16.0. The number of rotatable bonds is 5. The Morgan fingerprint density at radius 1 is 1.09 bits per heavy atom. The maximum absolute atomic E-state index is 14.8. The molecule has 2 aliphatic heterocycles. The van der Waals surface area contributed by atoms with Crippen molar-refractivity contribution in [3.8, 4) is 11.5 Å². The van der Waals surface area contributed by atoms with Crippen molar-refractivity contribution in [1.82, 2.24) is 9.88 Å². The lowest BCUT2D eigenvalue weighted by molar-refractivity contribution is 0.104. The van der Waals surface area contributed by atoms with Crippen molar-refractivity contribution in [3.05, 3.63) is 52.7 Å². The number of thiazole rings is 1. The molecule has 10 heteroatoms. The molecule has 3 aromatic rings. The van der Waals surface area contributed by atoms with Gasteiger partial charge in [0.05, 0.1) is 5.69 Å². The average molecular weight is 470 g/mol. The molecule has 8 nitrogen and oxygen atoms in total. The molecule has 0 radical (unpaired) electrons. The number of nitrogens with one attached hydrogen (secondary N) is 1. The summed E-state index contributed by atoms with van der Waals surface area (Å²) in [5, 5.41) is 3.48. The monoisotopic (exact) mass is 469 g/mol. The fraction of sp³-hybridized carbons (Fsp3) is 0.304. The number of fused-ring (bicyclic) bond motifs is 1. The van der Waals surface area contributed by atoms with Crippen LogP contribution in [0.1, 0.15) is 15.2 Å². The molecule has 2 aromatic carbocycles. The Kier molecular flexibility index (Phi) is 5.77. The molecule has 1 fully saturated rings. The molecule has 0 amide bonds. The van der Waals surface area contributed by atoms with Crippen molar-refractivity contribution >= 4 is 39.4 Å². The minimum atomic E-state index is -0.304. The van der Waals surface area contributed by atoms with Gasteiger partial charge < -0.3 is 30.3 Å². The number of benzene rings is 2. The molecule has 0 aliphatic carbocycles. The van der Waals surface area contributed by atoms with E-state index in [4.69, 9.17) is 15.2 Å². The number of nitrogen functional groups attached to an aromatic ring is 1. The molecule has 5 rings (SSSR count). The van der Waals surface area contributed by atoms with Gasteiger partial charge in [-0.1, -0.05) is 11.3 Å². The number of hydrogen-bond donors (Lipinski definition) is 2. The number of hydrogen-bond acceptors (Lipinski definition) is 9. The quantitative estimate of drug-likeness (QED) is 0.550. The van der Waals surface area contributed by atoms with Crippen LogP contribution in [0.2, 0.25) is 0 Å². The van der Waals surface area contributed by atoms with Gasteiger partial charge in [0, 0.05) is 37.4 Å². The standard InChI is InChI=1S/C23H24FN5O3S/c1-28-6-8-29(9-7-28)17-4-3-15(13-16(17)24)26-23-27-22(25)21(33-23)20(30)14-2-5-18-19(12-14)32-11-10-31-18/h2-5,12-13H,6-11,25H2,1H3,(H,26,27). The van der Waals surface area contributed by atoms with E-state index in [0.29, 0.717) is 51.7 Å². The first kappa shape index (κ1) is 21.5. The summed E-state index contributed by atoms with van der Waals surface area (Å²) in [6.45, 7) is 4.29. The maximum Gasteiger partial charge on any atom is 0.206 e. The molecule has 0 saturated carbocycles. The van der Waals surface area contributed by atoms with Crippen LogP contribution in [0.4, 0.5) is 26.7 Å². The van der Waals surface area contributed by atoms with Gasteiger partial charge in [-0.3, -0.25) is 4.79 Å². The third-order valence-corrected chi connectivity index (χ3v) is 6.69. The number of carbonyl (C=O) groups is 1. The first-order valence-corrected chi connectivity index (χ1v) is 11.5. The van der Waals surface area contributed by atoms with Crippen LogP contribution in [-0.2, 0) is 0 Å². The molecule has 2 aliphatic rings. The second-order valence-corrected chi connectivity index (χ2v) is 9.00. The molecule has 3 heterocycles. The topological polar surface area (TPSA) is 93.0 Å². The number of nitrogens with zero attached hydrogens (tertiary/aromatic N) is 3. The smallest absolute Gasteiger partial charge is 0.206 e. The van der Waals surface area contributed by atoms with E-state index in [2.05, 4.69) is 22.2 Å². The molecule has 0 spiro atoms. The summed E-state index contributed by atoms with van der Waals surface area (Å²) in [6, 6.07) is 10.0. The number of aromatic nitrogens is 1. The van der Waals surface area contributed by atoms with Crippen molar-refractivity contribution in [2.45, 2.75) is 0 Å². The molecular weight excluding hydrogens is 445 g/mol. The highest BCUT2D eigenvalue weighted by molar-refractivity contribution is 7.18. The lowest BCUT2D eigenvalue weighted by Crippen LogP contribution is -2.44. The SMILES string of the molecule is CN1CCN(c2ccc(Nc3nc(N)c(C(=O)c4ccc5c(c4)OCCO5)s3)cc2F)CC1. The molecule has 0 atom stereocenters. The molecule has 1 aromatic heterocycles. The zero-order chi connectivity index (χ0) is 22.9. The Morgan fingerprint density at radius 3 is 2.61 bits per heavy atom. The summed E-state index contributed by atoms with van der Waals surface area (Å²) < 4.78 is 25.9. The van der Waals surface area contributed by atoms with Crippen molar-refractivity contribution in [1.29, 1.82) is 0 Å². The molecule has 3 N–H and O–H groups in total. The van der Waals surface area contributed by atoms with Gasteiger partial charge >= 0.3 is 0 Å². The number of piperazine rings is 1. The highest BCUT2D eigenvalue weighted by Gasteiger charge is 2.22. The summed E-state index contributed by atoms with van der Waals surface area (Å²) in [5.41, 5.74) is 7.59. The maximum atomic E-state index is 14.8. The van der Waals surface area contributed by atoms with Crippen LogP contribution in [0.25, 0.3) is 0 Å². The number of halogens is 1. The van der Waals surface area contributed by atoms with E-state index in [1.54, 1.807) is 30.3 Å². The predicted octanol–water partition coefficient (Wildman–Crippen LogP) is 3.36. The number of nitrogens with two attached hydrogens (primary N) is 1. The second kappa shape index (κ2) is 8.87. The van der Waals surface area contributed by atoms with E-state index >= 15 is 0 Å². The highest BCUT2D eigenvalue weighted by Crippen LogP contribution is 2.35. The predicted molar refractivity (Wildman–Crippen MR) is 127 cm³/mol. The molecule has 0 unspecified atom stereocenters. The van der Waals surface area contributed by atoms with Crippen LogP contribution in [0.15, 0.2) is 36.4 Å². The summed E-state index contributed by atoms with van der Waals surface area (Å²) in [4.78, 5) is 21.9. The van der Waals surface area contributed by atoms with Crippen molar-refractivity contribution in [2.75, 3.05) is 62.4 Å². The minimum absolute atomic E-state index is 0.122. The van der Waals surface area contributed by atoms with E-state index in [9.17, 15) is 9.18 Å². The summed E-state index contributed by atoms with van der Waals surface area (Å²) in [5.74, 6) is 0.703. The van der Waals surface area contributed by atoms with Crippen molar-refractivity contribution in [3.63, 3.8) is 0 Å². The van der Waals surface area contributed by atoms with Crippen LogP contribution in [0.5, 0.6) is 11.5 Å². The normalized spacial score (nSPS) is 16.0. The number of ketones is 1. The fourth-order valence-electron chi connectivity index (χ4n) is 3.88. The Labute approximate surface area is 194 Å². The van der Waals surface area contributed by atoms with Crippen LogP contribution in [0, 0.1) is 5.82 Å². The van der Waals surface area contributed by atoms with Gasteiger partial charge in [-0.15, -0.1) is 0 Å². The fourth-order valence-corrected chi connectivity index (χ4v) is 4.74. The summed E-state index contributed by atoms with van der Waals surface area (Å²) in [6.07, 6.45) is 0. The average Bonchev–Trinajstić information content (AvgIpc) is 3.19. The Morgan fingerprint density at radius 2 is 1.85 bits per heavy atom. The number of likely N-dealkylation sites (N-methyl/N-ethyl adjacent to an activating group) is 1. The lowest BCUT2D eigenvalue weighted by atomic mass is 10.1. The highest BCUT2D eigenvalue weighted by atomic mass is 32.1. The molecule has 0 bridgehead atoms. The minimum Gasteiger partial charge on any atom is -0.486 e. The van der Waals surface area contributed by atoms with Gasteiger partial charge in [0.15, 0.2) is 16.6 Å². The summed E-state index contributed by atoms with van der Waals surface area (Å²) in [7, 11) is 2.06. The van der Waals surface area contributed by atoms with E-state index < -0.39 is 0 Å².